The molecule has 1 aromatic carbocycles. The fourth-order valence-electron chi connectivity index (χ4n) is 2.69. The van der Waals surface area contributed by atoms with Crippen LogP contribution < -0.4 is 5.73 Å². The first-order valence-electron chi connectivity index (χ1n) is 6.44. The van der Waals surface area contributed by atoms with Crippen molar-refractivity contribution < 1.29 is 4.48 Å². The van der Waals surface area contributed by atoms with E-state index >= 15 is 0 Å². The van der Waals surface area contributed by atoms with Crippen LogP contribution in [-0.4, -0.2) is 30.8 Å². The molecule has 0 unspecified atom stereocenters. The summed E-state index contributed by atoms with van der Waals surface area (Å²) < 4.78 is 1.13. The molecule has 1 aliphatic heterocycles. The van der Waals surface area contributed by atoms with Crippen LogP contribution in [0, 0.1) is 0 Å². The first kappa shape index (κ1) is 11.6. The number of likely N-dealkylation sites (tertiary alicyclic amines) is 1. The number of piperidine rings is 1. The molecule has 1 aliphatic rings. The van der Waals surface area contributed by atoms with E-state index in [9.17, 15) is 0 Å². The number of quaternary nitrogens is 1. The molecule has 2 nitrogen and oxygen atoms in total. The second kappa shape index (κ2) is 5.46. The van der Waals surface area contributed by atoms with Gasteiger partial charge in [0.2, 0.25) is 0 Å². The largest absolute Gasteiger partial charge is 0.311 e. The second-order valence-corrected chi connectivity index (χ2v) is 4.99. The standard InChI is InChI=1S/C14H23N2/c15-13-16(10-5-2-6-11-16)12-9-14-7-3-1-4-8-14/h1,3-4,7-8H,2,5-6,9-13,15H2/q+1. The molecule has 1 heterocycles. The van der Waals surface area contributed by atoms with Crippen molar-refractivity contribution in [3.8, 4) is 0 Å². The molecule has 0 aliphatic carbocycles. The molecule has 0 aromatic heterocycles. The summed E-state index contributed by atoms with van der Waals surface area (Å²) in [4.78, 5) is 0. The molecule has 0 atom stereocenters. The molecule has 1 fully saturated rings. The molecule has 2 rings (SSSR count). The van der Waals surface area contributed by atoms with E-state index in [1.54, 1.807) is 0 Å². The van der Waals surface area contributed by atoms with E-state index < -0.39 is 0 Å². The maximum Gasteiger partial charge on any atom is 0.130 e. The summed E-state index contributed by atoms with van der Waals surface area (Å²) in [5.74, 6) is 0. The van der Waals surface area contributed by atoms with E-state index in [0.29, 0.717) is 0 Å². The van der Waals surface area contributed by atoms with Crippen molar-refractivity contribution in [2.75, 3.05) is 26.3 Å². The van der Waals surface area contributed by atoms with Crippen LogP contribution in [0.5, 0.6) is 0 Å². The highest BCUT2D eigenvalue weighted by molar-refractivity contribution is 5.14. The summed E-state index contributed by atoms with van der Waals surface area (Å²) >= 11 is 0. The Morgan fingerprint density at radius 3 is 2.31 bits per heavy atom. The Kier molecular flexibility index (Phi) is 3.97. The fraction of sp³-hybridized carbons (Fsp3) is 0.571. The van der Waals surface area contributed by atoms with Crippen molar-refractivity contribution in [1.29, 1.82) is 0 Å². The first-order valence-corrected chi connectivity index (χ1v) is 6.44. The van der Waals surface area contributed by atoms with Crippen LogP contribution in [-0.2, 0) is 6.42 Å². The van der Waals surface area contributed by atoms with Crippen molar-refractivity contribution in [3.05, 3.63) is 35.9 Å². The molecule has 0 radical (unpaired) electrons. The summed E-state index contributed by atoms with van der Waals surface area (Å²) in [5.41, 5.74) is 7.42. The Hall–Kier alpha value is -0.860. The zero-order valence-electron chi connectivity index (χ0n) is 10.1. The molecule has 0 amide bonds. The highest BCUT2D eigenvalue weighted by Crippen LogP contribution is 2.18. The van der Waals surface area contributed by atoms with E-state index in [2.05, 4.69) is 30.3 Å². The van der Waals surface area contributed by atoms with Crippen LogP contribution in [0.25, 0.3) is 0 Å². The quantitative estimate of drug-likeness (QED) is 0.772. The van der Waals surface area contributed by atoms with Gasteiger partial charge in [-0.1, -0.05) is 30.3 Å². The van der Waals surface area contributed by atoms with Gasteiger partial charge in [0.25, 0.3) is 0 Å². The summed E-state index contributed by atoms with van der Waals surface area (Å²) in [6.07, 6.45) is 5.27. The van der Waals surface area contributed by atoms with Crippen LogP contribution in [0.2, 0.25) is 0 Å². The second-order valence-electron chi connectivity index (χ2n) is 4.99. The number of hydrogen-bond donors (Lipinski definition) is 1. The predicted molar refractivity (Wildman–Crippen MR) is 67.9 cm³/mol. The molecule has 2 N–H and O–H groups in total. The third-order valence-corrected chi connectivity index (χ3v) is 3.87. The Morgan fingerprint density at radius 2 is 1.69 bits per heavy atom. The SMILES string of the molecule is NC[N+]1(CCc2ccccc2)CCCCC1. The van der Waals surface area contributed by atoms with Gasteiger partial charge in [0, 0.05) is 6.42 Å². The summed E-state index contributed by atoms with van der Waals surface area (Å²) in [7, 11) is 0. The number of nitrogens with zero attached hydrogens (tertiary/aromatic N) is 1. The average molecular weight is 219 g/mol. The Bertz CT molecular complexity index is 302. The fourth-order valence-corrected chi connectivity index (χ4v) is 2.69. The number of hydrogen-bond acceptors (Lipinski definition) is 1. The zero-order chi connectivity index (χ0) is 11.3. The number of nitrogens with two attached hydrogens (primary N) is 1. The van der Waals surface area contributed by atoms with E-state index in [4.69, 9.17) is 5.73 Å². The lowest BCUT2D eigenvalue weighted by atomic mass is 10.1. The highest BCUT2D eigenvalue weighted by Gasteiger charge is 2.27. The van der Waals surface area contributed by atoms with Gasteiger partial charge in [-0.25, -0.2) is 0 Å². The molecule has 0 bridgehead atoms. The zero-order valence-corrected chi connectivity index (χ0v) is 10.1. The van der Waals surface area contributed by atoms with Crippen molar-refractivity contribution in [3.63, 3.8) is 0 Å². The van der Waals surface area contributed by atoms with Crippen LogP contribution in [0.4, 0.5) is 0 Å². The molecular weight excluding hydrogens is 196 g/mol. The summed E-state index contributed by atoms with van der Waals surface area (Å²) in [5, 5.41) is 0. The van der Waals surface area contributed by atoms with E-state index in [1.165, 1.54) is 44.5 Å². The minimum Gasteiger partial charge on any atom is -0.311 e. The van der Waals surface area contributed by atoms with Gasteiger partial charge >= 0.3 is 0 Å². The predicted octanol–water partition coefficient (Wildman–Crippen LogP) is 2.15. The van der Waals surface area contributed by atoms with Gasteiger partial charge in [-0.05, 0) is 24.8 Å². The Labute approximate surface area is 98.7 Å². The van der Waals surface area contributed by atoms with Gasteiger partial charge in [0.05, 0.1) is 19.6 Å². The van der Waals surface area contributed by atoms with Crippen molar-refractivity contribution >= 4 is 0 Å². The monoisotopic (exact) mass is 219 g/mol. The molecular formula is C14H23N2+. The summed E-state index contributed by atoms with van der Waals surface area (Å²) in [6.45, 7) is 4.58. The third kappa shape index (κ3) is 2.83. The van der Waals surface area contributed by atoms with Crippen LogP contribution >= 0.6 is 0 Å². The van der Waals surface area contributed by atoms with E-state index in [0.717, 1.165) is 17.6 Å². The topological polar surface area (TPSA) is 26.0 Å². The molecule has 0 saturated carbocycles. The number of rotatable bonds is 4. The maximum absolute atomic E-state index is 5.97. The van der Waals surface area contributed by atoms with Crippen LogP contribution in [0.15, 0.2) is 30.3 Å². The van der Waals surface area contributed by atoms with E-state index in [-0.39, 0.29) is 0 Å². The van der Waals surface area contributed by atoms with Gasteiger partial charge in [-0.2, -0.15) is 0 Å². The molecule has 16 heavy (non-hydrogen) atoms. The first-order chi connectivity index (χ1) is 7.85. The lowest BCUT2D eigenvalue weighted by molar-refractivity contribution is -0.932. The van der Waals surface area contributed by atoms with Crippen molar-refractivity contribution in [2.45, 2.75) is 25.7 Å². The van der Waals surface area contributed by atoms with Crippen molar-refractivity contribution in [2.24, 2.45) is 5.73 Å². The van der Waals surface area contributed by atoms with Gasteiger partial charge in [-0.15, -0.1) is 0 Å². The lowest BCUT2D eigenvalue weighted by Gasteiger charge is -2.40. The van der Waals surface area contributed by atoms with Crippen LogP contribution in [0.1, 0.15) is 24.8 Å². The minimum atomic E-state index is 0.812. The minimum absolute atomic E-state index is 0.812. The lowest BCUT2D eigenvalue weighted by Crippen LogP contribution is -2.55. The third-order valence-electron chi connectivity index (χ3n) is 3.87. The summed E-state index contributed by atoms with van der Waals surface area (Å²) in [6, 6.07) is 10.8. The van der Waals surface area contributed by atoms with Gasteiger partial charge in [0.1, 0.15) is 6.67 Å². The van der Waals surface area contributed by atoms with E-state index in [1.807, 2.05) is 0 Å². The number of benzene rings is 1. The van der Waals surface area contributed by atoms with Crippen molar-refractivity contribution in [1.82, 2.24) is 0 Å². The molecule has 0 spiro atoms. The Balaban J connectivity index is 1.92. The van der Waals surface area contributed by atoms with Gasteiger partial charge < -0.3 is 4.48 Å². The van der Waals surface area contributed by atoms with Gasteiger partial charge in [-0.3, -0.25) is 5.73 Å². The smallest absolute Gasteiger partial charge is 0.130 e. The maximum atomic E-state index is 5.97. The van der Waals surface area contributed by atoms with Gasteiger partial charge in [0.15, 0.2) is 0 Å². The normalized spacial score (nSPS) is 19.6. The Morgan fingerprint density at radius 1 is 1.00 bits per heavy atom. The highest BCUT2D eigenvalue weighted by atomic mass is 15.4. The molecule has 1 aromatic rings. The molecule has 1 saturated heterocycles. The van der Waals surface area contributed by atoms with Crippen LogP contribution in [0.3, 0.4) is 0 Å². The average Bonchev–Trinajstić information content (AvgIpc) is 2.39. The molecule has 2 heteroatoms. The molecule has 88 valence electrons.